The third-order valence-corrected chi connectivity index (χ3v) is 15.0. The van der Waals surface area contributed by atoms with Crippen LogP contribution in [0.1, 0.15) is 69.9 Å². The molecule has 4 saturated heterocycles. The van der Waals surface area contributed by atoms with Gasteiger partial charge in [0.15, 0.2) is 0 Å². The van der Waals surface area contributed by atoms with Crippen molar-refractivity contribution in [1.29, 1.82) is 0 Å². The number of benzene rings is 2. The van der Waals surface area contributed by atoms with Crippen LogP contribution in [0.5, 0.6) is 0 Å². The molecule has 3 spiro atoms. The normalized spacial score (nSPS) is 45.2. The first-order chi connectivity index (χ1) is 20.6. The smallest absolute Gasteiger partial charge is 0.0671 e. The Kier molecular flexibility index (Phi) is 4.34. The highest BCUT2D eigenvalue weighted by Crippen LogP contribution is 2.71. The molecule has 4 bridgehead atoms. The lowest BCUT2D eigenvalue weighted by atomic mass is 9.45. The third kappa shape index (κ3) is 2.37. The third-order valence-electron chi connectivity index (χ3n) is 15.0. The molecular weight excluding hydrogens is 512 g/mol. The van der Waals surface area contributed by atoms with Crippen LogP contribution in [0.15, 0.2) is 64.8 Å². The van der Waals surface area contributed by atoms with Gasteiger partial charge in [-0.1, -0.05) is 63.1 Å². The summed E-state index contributed by atoms with van der Waals surface area (Å²) in [5.41, 5.74) is 11.9. The summed E-state index contributed by atoms with van der Waals surface area (Å²) in [5, 5.41) is 0. The Balaban J connectivity index is 1.20. The van der Waals surface area contributed by atoms with Crippen LogP contribution in [0.3, 0.4) is 0 Å². The van der Waals surface area contributed by atoms with E-state index in [1.54, 1.807) is 28.2 Å². The van der Waals surface area contributed by atoms with Crippen LogP contribution < -0.4 is 4.90 Å². The molecule has 2 unspecified atom stereocenters. The maximum absolute atomic E-state index is 5.84. The lowest BCUT2D eigenvalue weighted by Crippen LogP contribution is -2.69. The van der Waals surface area contributed by atoms with Crippen LogP contribution in [0.25, 0.3) is 0 Å². The molecule has 9 aliphatic rings. The molecule has 2 aromatic rings. The minimum absolute atomic E-state index is 0.124. The van der Waals surface area contributed by atoms with E-state index < -0.39 is 0 Å². The molecule has 216 valence electrons. The topological polar surface area (TPSA) is 22.1 Å². The second-order valence-electron chi connectivity index (χ2n) is 15.8. The Hall–Kier alpha value is -2.43. The van der Waals surface area contributed by atoms with E-state index >= 15 is 0 Å². The fraction of sp³-hybridized carbons (Fsp3) is 0.605. The average Bonchev–Trinajstić information content (AvgIpc) is 3.79. The van der Waals surface area contributed by atoms with Gasteiger partial charge in [-0.05, 0) is 97.7 Å². The summed E-state index contributed by atoms with van der Waals surface area (Å²) < 4.78 is 0. The maximum Gasteiger partial charge on any atom is 0.0671 e. The van der Waals surface area contributed by atoms with E-state index in [-0.39, 0.29) is 16.2 Å². The van der Waals surface area contributed by atoms with E-state index in [0.29, 0.717) is 12.1 Å². The highest BCUT2D eigenvalue weighted by Gasteiger charge is 2.72. The van der Waals surface area contributed by atoms with Crippen molar-refractivity contribution in [3.05, 3.63) is 70.9 Å². The fourth-order valence-electron chi connectivity index (χ4n) is 13.6. The molecule has 4 heteroatoms. The zero-order chi connectivity index (χ0) is 27.6. The van der Waals surface area contributed by atoms with Gasteiger partial charge >= 0.3 is 0 Å². The molecule has 2 aromatic carbocycles. The van der Waals surface area contributed by atoms with Crippen LogP contribution in [-0.4, -0.2) is 60.3 Å². The van der Waals surface area contributed by atoms with Gasteiger partial charge in [0.2, 0.25) is 0 Å². The monoisotopic (exact) mass is 556 g/mol. The quantitative estimate of drug-likeness (QED) is 0.412. The van der Waals surface area contributed by atoms with Crippen molar-refractivity contribution < 1.29 is 0 Å². The molecule has 7 aliphatic heterocycles. The zero-order valence-corrected chi connectivity index (χ0v) is 25.4. The summed E-state index contributed by atoms with van der Waals surface area (Å²) in [4.78, 5) is 14.6. The van der Waals surface area contributed by atoms with Crippen molar-refractivity contribution in [2.24, 2.45) is 34.1 Å². The Labute approximate surface area is 250 Å². The molecule has 9 atom stereocenters. The van der Waals surface area contributed by atoms with E-state index in [4.69, 9.17) is 4.99 Å². The molecule has 5 fully saturated rings. The number of para-hydroxylation sites is 2. The summed E-state index contributed by atoms with van der Waals surface area (Å²) in [6, 6.07) is 20.4. The first kappa shape index (κ1) is 24.0. The first-order valence-electron chi connectivity index (χ1n) is 17.4. The van der Waals surface area contributed by atoms with Crippen LogP contribution in [0.4, 0.5) is 11.4 Å². The van der Waals surface area contributed by atoms with E-state index in [1.807, 2.05) is 5.57 Å². The number of anilines is 1. The van der Waals surface area contributed by atoms with Crippen LogP contribution >= 0.6 is 0 Å². The maximum atomic E-state index is 5.84. The molecular formula is C38H44N4. The lowest BCUT2D eigenvalue weighted by Gasteiger charge is -2.64. The molecule has 7 heterocycles. The number of aliphatic imine (C=N–C) groups is 1. The van der Waals surface area contributed by atoms with Crippen molar-refractivity contribution in [3.63, 3.8) is 0 Å². The van der Waals surface area contributed by atoms with Gasteiger partial charge in [0.1, 0.15) is 0 Å². The molecule has 0 amide bonds. The summed E-state index contributed by atoms with van der Waals surface area (Å²) in [6.07, 6.45) is 9.22. The minimum atomic E-state index is 0.124. The Morgan fingerprint density at radius 1 is 0.810 bits per heavy atom. The Bertz CT molecular complexity index is 1620. The number of hydrogen-bond acceptors (Lipinski definition) is 4. The summed E-state index contributed by atoms with van der Waals surface area (Å²) in [7, 11) is 0. The van der Waals surface area contributed by atoms with Crippen molar-refractivity contribution in [1.82, 2.24) is 9.80 Å². The standard InChI is InChI=1S/C38H44N4/c1-3-23-20-40-15-13-37-28-10-6-8-12-31(28)42-22-36(19-26(34(37)42)25(23)17-32(37)40)29-18-33-38(14-16-41(33)21-24(29)4-2)27-9-5-7-11-30(27)39-35(36)38/h5-12,23-25,29,32-33H,3-4,13-22H2,1-2H3/t23-,24+,25-,29-,32?,33?,36+,37+,38+/m0/s1. The van der Waals surface area contributed by atoms with Gasteiger partial charge < -0.3 is 4.90 Å². The average molecular weight is 557 g/mol. The van der Waals surface area contributed by atoms with Crippen LogP contribution in [-0.2, 0) is 10.8 Å². The van der Waals surface area contributed by atoms with E-state index in [1.165, 1.54) is 76.8 Å². The first-order valence-corrected chi connectivity index (χ1v) is 17.4. The van der Waals surface area contributed by atoms with Gasteiger partial charge in [-0.3, -0.25) is 14.8 Å². The fourth-order valence-corrected chi connectivity index (χ4v) is 13.6. The van der Waals surface area contributed by atoms with Gasteiger partial charge in [-0.15, -0.1) is 0 Å². The highest BCUT2D eigenvalue weighted by molar-refractivity contribution is 6.08. The van der Waals surface area contributed by atoms with Gasteiger partial charge in [-0.2, -0.15) is 0 Å². The molecule has 2 aliphatic carbocycles. The molecule has 42 heavy (non-hydrogen) atoms. The number of hydrogen-bond donors (Lipinski definition) is 0. The van der Waals surface area contributed by atoms with E-state index in [0.717, 1.165) is 30.2 Å². The van der Waals surface area contributed by atoms with Crippen LogP contribution in [0, 0.1) is 29.1 Å². The predicted molar refractivity (Wildman–Crippen MR) is 168 cm³/mol. The number of piperidine rings is 2. The molecule has 1 saturated carbocycles. The highest BCUT2D eigenvalue weighted by atomic mass is 15.3. The Morgan fingerprint density at radius 2 is 1.52 bits per heavy atom. The van der Waals surface area contributed by atoms with Crippen molar-refractivity contribution in [2.45, 2.75) is 81.7 Å². The minimum Gasteiger partial charge on any atom is -0.343 e. The number of rotatable bonds is 2. The number of allylic oxidation sites excluding steroid dienone is 1. The lowest BCUT2D eigenvalue weighted by molar-refractivity contribution is -0.00363. The summed E-state index contributed by atoms with van der Waals surface area (Å²) in [5.74, 6) is 3.03. The summed E-state index contributed by atoms with van der Waals surface area (Å²) >= 11 is 0. The van der Waals surface area contributed by atoms with Crippen molar-refractivity contribution >= 4 is 17.1 Å². The molecule has 4 nitrogen and oxygen atoms in total. The van der Waals surface area contributed by atoms with Gasteiger partial charge in [0, 0.05) is 54.2 Å². The molecule has 0 aromatic heterocycles. The summed E-state index contributed by atoms with van der Waals surface area (Å²) in [6.45, 7) is 11.3. The van der Waals surface area contributed by atoms with E-state index in [9.17, 15) is 0 Å². The zero-order valence-electron chi connectivity index (χ0n) is 25.4. The number of nitrogens with zero attached hydrogens (tertiary/aromatic N) is 4. The second kappa shape index (κ2) is 7.61. The second-order valence-corrected chi connectivity index (χ2v) is 15.8. The number of fused-ring (bicyclic) bond motifs is 8. The SMILES string of the molecule is CC[C@H]1CN2CC[C@@]34C5=C(C[C@]6(CN5c5ccccc53)C3=Nc5ccccc5[C@@]35CCN3C[C@@H](CC)[C@@H]6CC35)[C@H]1CC24. The van der Waals surface area contributed by atoms with Crippen LogP contribution in [0.2, 0.25) is 0 Å². The molecule has 11 rings (SSSR count). The van der Waals surface area contributed by atoms with Gasteiger partial charge in [0.05, 0.1) is 16.5 Å². The van der Waals surface area contributed by atoms with Crippen molar-refractivity contribution in [2.75, 3.05) is 37.6 Å². The van der Waals surface area contributed by atoms with Gasteiger partial charge in [-0.25, -0.2) is 0 Å². The largest absolute Gasteiger partial charge is 0.343 e. The Morgan fingerprint density at radius 3 is 2.36 bits per heavy atom. The molecule has 0 N–H and O–H groups in total. The van der Waals surface area contributed by atoms with E-state index in [2.05, 4.69) is 77.1 Å². The molecule has 0 radical (unpaired) electrons. The van der Waals surface area contributed by atoms with Crippen molar-refractivity contribution in [3.8, 4) is 0 Å². The predicted octanol–water partition coefficient (Wildman–Crippen LogP) is 6.68. The van der Waals surface area contributed by atoms with Gasteiger partial charge in [0.25, 0.3) is 0 Å².